The molecule has 0 amide bonds. The molecule has 0 aliphatic carbocycles. The first-order valence-electron chi connectivity index (χ1n) is 4.89. The standard InChI is InChI=1S/C11H8ClN2O3.Y/c1-2-17-11(16)7-8(12)6-4-3-5-13-9(6)14-10(7)15;/h4-5H,2H2,1H3,(H,13,14,15);/q-1;. The molecule has 2 aromatic heterocycles. The summed E-state index contributed by atoms with van der Waals surface area (Å²) < 4.78 is 4.76. The molecule has 0 aromatic carbocycles. The van der Waals surface area contributed by atoms with E-state index in [2.05, 4.69) is 16.0 Å². The Hall–Kier alpha value is -0.776. The van der Waals surface area contributed by atoms with Crippen LogP contribution in [0.25, 0.3) is 11.0 Å². The van der Waals surface area contributed by atoms with Gasteiger partial charge in [0.25, 0.3) is 5.56 Å². The largest absolute Gasteiger partial charge is 0.462 e. The fourth-order valence-electron chi connectivity index (χ4n) is 1.42. The topological polar surface area (TPSA) is 72.0 Å². The average Bonchev–Trinajstić information content (AvgIpc) is 2.29. The SMILES string of the molecule is CCOC(=O)c1c(Cl)c2c[c-]cnc2[nH]c1=O.[Y]. The zero-order chi connectivity index (χ0) is 12.4. The average molecular weight is 341 g/mol. The first kappa shape index (κ1) is 15.3. The molecule has 0 spiro atoms. The summed E-state index contributed by atoms with van der Waals surface area (Å²) in [6.07, 6.45) is 1.40. The normalized spacial score (nSPS) is 9.89. The van der Waals surface area contributed by atoms with Crippen LogP contribution in [0.1, 0.15) is 17.3 Å². The molecule has 0 unspecified atom stereocenters. The monoisotopic (exact) mass is 340 g/mol. The minimum atomic E-state index is -0.746. The number of rotatable bonds is 2. The number of fused-ring (bicyclic) bond motifs is 1. The maximum Gasteiger partial charge on any atom is 0.343 e. The third-order valence-electron chi connectivity index (χ3n) is 2.15. The second-order valence-corrected chi connectivity index (χ2v) is 3.57. The Bertz CT molecular complexity index is 642. The molecular formula is C11H8ClN2O3Y-. The number of nitrogens with zero attached hydrogens (tertiary/aromatic N) is 1. The van der Waals surface area contributed by atoms with Crippen molar-refractivity contribution in [3.05, 3.63) is 39.3 Å². The van der Waals surface area contributed by atoms with Crippen molar-refractivity contribution in [2.45, 2.75) is 6.92 Å². The van der Waals surface area contributed by atoms with Gasteiger partial charge in [-0.15, -0.1) is 17.0 Å². The molecule has 2 heterocycles. The molecule has 1 N–H and O–H groups in total. The van der Waals surface area contributed by atoms with Gasteiger partial charge in [-0.25, -0.2) is 16.9 Å². The van der Waals surface area contributed by atoms with E-state index >= 15 is 0 Å². The van der Waals surface area contributed by atoms with Crippen molar-refractivity contribution in [1.82, 2.24) is 9.97 Å². The molecule has 1 radical (unpaired) electrons. The number of halogens is 1. The zero-order valence-electron chi connectivity index (χ0n) is 9.49. The van der Waals surface area contributed by atoms with Crippen molar-refractivity contribution in [1.29, 1.82) is 0 Å². The first-order chi connectivity index (χ1) is 8.15. The van der Waals surface area contributed by atoms with Crippen molar-refractivity contribution in [3.63, 3.8) is 0 Å². The quantitative estimate of drug-likeness (QED) is 0.665. The van der Waals surface area contributed by atoms with Crippen LogP contribution >= 0.6 is 11.6 Å². The predicted octanol–water partition coefficient (Wildman–Crippen LogP) is 1.55. The Morgan fingerprint density at radius 2 is 2.33 bits per heavy atom. The van der Waals surface area contributed by atoms with Gasteiger partial charge in [0.05, 0.1) is 12.3 Å². The minimum absolute atomic E-state index is 0. The number of aromatic nitrogens is 2. The summed E-state index contributed by atoms with van der Waals surface area (Å²) in [4.78, 5) is 29.6. The van der Waals surface area contributed by atoms with E-state index in [1.807, 2.05) is 0 Å². The number of aromatic amines is 1. The van der Waals surface area contributed by atoms with Crippen molar-refractivity contribution >= 4 is 28.6 Å². The molecule has 0 saturated heterocycles. The molecule has 0 aliphatic heterocycles. The smallest absolute Gasteiger partial charge is 0.343 e. The van der Waals surface area contributed by atoms with Gasteiger partial charge < -0.3 is 9.72 Å². The van der Waals surface area contributed by atoms with Gasteiger partial charge in [0, 0.05) is 32.7 Å². The Labute approximate surface area is 133 Å². The number of carbonyl (C=O) groups excluding carboxylic acids is 1. The van der Waals surface area contributed by atoms with E-state index in [1.54, 1.807) is 13.0 Å². The van der Waals surface area contributed by atoms with Gasteiger partial charge in [0.15, 0.2) is 0 Å². The Morgan fingerprint density at radius 1 is 1.61 bits per heavy atom. The zero-order valence-corrected chi connectivity index (χ0v) is 13.1. The number of pyridine rings is 2. The maximum atomic E-state index is 11.7. The van der Waals surface area contributed by atoms with Crippen LogP contribution in [0.2, 0.25) is 5.02 Å². The molecule has 18 heavy (non-hydrogen) atoms. The summed E-state index contributed by atoms with van der Waals surface area (Å²) >= 11 is 6.00. The fraction of sp³-hybridized carbons (Fsp3) is 0.182. The van der Waals surface area contributed by atoms with Crippen LogP contribution in [-0.4, -0.2) is 22.5 Å². The number of ether oxygens (including phenoxy) is 1. The summed E-state index contributed by atoms with van der Waals surface area (Å²) in [7, 11) is 0. The van der Waals surface area contributed by atoms with Crippen LogP contribution in [0, 0.1) is 6.07 Å². The minimum Gasteiger partial charge on any atom is -0.462 e. The van der Waals surface area contributed by atoms with E-state index in [-0.39, 0.29) is 49.9 Å². The summed E-state index contributed by atoms with van der Waals surface area (Å²) in [5, 5.41) is 0.489. The molecule has 0 bridgehead atoms. The van der Waals surface area contributed by atoms with Crippen molar-refractivity contribution in [2.75, 3.05) is 6.61 Å². The molecule has 7 heteroatoms. The molecule has 0 aliphatic rings. The van der Waals surface area contributed by atoms with E-state index in [1.165, 1.54) is 6.20 Å². The Morgan fingerprint density at radius 3 is 3.00 bits per heavy atom. The summed E-state index contributed by atoms with van der Waals surface area (Å²) in [5.74, 6) is -0.746. The van der Waals surface area contributed by atoms with Crippen molar-refractivity contribution in [3.8, 4) is 0 Å². The van der Waals surface area contributed by atoms with Crippen LogP contribution < -0.4 is 5.56 Å². The summed E-state index contributed by atoms with van der Waals surface area (Å²) in [6.45, 7) is 1.82. The van der Waals surface area contributed by atoms with Gasteiger partial charge in [-0.1, -0.05) is 6.20 Å². The van der Waals surface area contributed by atoms with Gasteiger partial charge in [0.1, 0.15) is 5.56 Å². The number of hydrogen-bond donors (Lipinski definition) is 1. The van der Waals surface area contributed by atoms with E-state index in [4.69, 9.17) is 16.3 Å². The first-order valence-corrected chi connectivity index (χ1v) is 5.27. The third-order valence-corrected chi connectivity index (χ3v) is 2.54. The molecule has 0 fully saturated rings. The molecule has 0 saturated carbocycles. The molecule has 2 rings (SSSR count). The van der Waals surface area contributed by atoms with E-state index in [9.17, 15) is 9.59 Å². The van der Waals surface area contributed by atoms with E-state index in [0.29, 0.717) is 11.0 Å². The fourth-order valence-corrected chi connectivity index (χ4v) is 1.72. The maximum absolute atomic E-state index is 11.7. The molecular weight excluding hydrogens is 332 g/mol. The van der Waals surface area contributed by atoms with Crippen LogP contribution in [-0.2, 0) is 37.4 Å². The van der Waals surface area contributed by atoms with Crippen molar-refractivity contribution < 1.29 is 42.2 Å². The van der Waals surface area contributed by atoms with Crippen LogP contribution in [0.4, 0.5) is 0 Å². The van der Waals surface area contributed by atoms with Gasteiger partial charge in [-0.3, -0.25) is 9.78 Å². The van der Waals surface area contributed by atoms with Crippen LogP contribution in [0.15, 0.2) is 17.1 Å². The Kier molecular flexibility index (Phi) is 5.44. The van der Waals surface area contributed by atoms with E-state index in [0.717, 1.165) is 0 Å². The number of esters is 1. The van der Waals surface area contributed by atoms with Crippen molar-refractivity contribution in [2.24, 2.45) is 0 Å². The molecule has 91 valence electrons. The molecule has 0 atom stereocenters. The number of carbonyl (C=O) groups is 1. The van der Waals surface area contributed by atoms with Crippen LogP contribution in [0.3, 0.4) is 0 Å². The summed E-state index contributed by atoms with van der Waals surface area (Å²) in [6, 6.07) is 4.27. The van der Waals surface area contributed by atoms with Gasteiger partial charge in [-0.05, 0) is 11.9 Å². The second kappa shape index (κ2) is 6.41. The van der Waals surface area contributed by atoms with E-state index < -0.39 is 11.5 Å². The van der Waals surface area contributed by atoms with Gasteiger partial charge in [-0.2, -0.15) is 0 Å². The second-order valence-electron chi connectivity index (χ2n) is 3.20. The predicted molar refractivity (Wildman–Crippen MR) is 62.2 cm³/mol. The molecule has 5 nitrogen and oxygen atoms in total. The Balaban J connectivity index is 0.00000162. The van der Waals surface area contributed by atoms with Crippen LogP contribution in [0.5, 0.6) is 0 Å². The number of hydrogen-bond acceptors (Lipinski definition) is 4. The molecule has 2 aromatic rings. The van der Waals surface area contributed by atoms with Gasteiger partial charge >= 0.3 is 5.97 Å². The number of nitrogens with one attached hydrogen (secondary N) is 1. The third kappa shape index (κ3) is 2.79. The summed E-state index contributed by atoms with van der Waals surface area (Å²) in [5.41, 5.74) is -0.506. The number of H-pyrrole nitrogens is 1. The van der Waals surface area contributed by atoms with Gasteiger partial charge in [0.2, 0.25) is 0 Å².